The summed E-state index contributed by atoms with van der Waals surface area (Å²) in [6.07, 6.45) is 10.3. The Labute approximate surface area is 222 Å². The molecule has 38 heavy (non-hydrogen) atoms. The number of carbonyl (C=O) groups is 1. The first-order valence-electron chi connectivity index (χ1n) is 13.4. The van der Waals surface area contributed by atoms with Crippen LogP contribution < -0.4 is 0 Å². The molecular weight excluding hydrogens is 476 g/mol. The lowest BCUT2D eigenvalue weighted by Gasteiger charge is -2.38. The molecule has 0 saturated carbocycles. The van der Waals surface area contributed by atoms with Crippen LogP contribution in [0.15, 0.2) is 61.1 Å². The number of likely N-dealkylation sites (tertiary alicyclic amines) is 2. The number of benzene rings is 1. The number of hydrogen-bond donors (Lipinski definition) is 1. The van der Waals surface area contributed by atoms with Crippen LogP contribution in [0.2, 0.25) is 0 Å². The molecule has 1 N–H and O–H groups in total. The highest BCUT2D eigenvalue weighted by atomic mass is 16.2. The number of hydrogen-bond acceptors (Lipinski definition) is 7. The topological polar surface area (TPSA) is 104 Å². The van der Waals surface area contributed by atoms with E-state index in [2.05, 4.69) is 35.6 Å². The molecule has 5 heterocycles. The fraction of sp³-hybridized carbons (Fsp3) is 0.379. The molecule has 1 aromatic carbocycles. The Morgan fingerprint density at radius 1 is 0.947 bits per heavy atom. The van der Waals surface area contributed by atoms with Crippen molar-refractivity contribution in [2.45, 2.75) is 38.3 Å². The van der Waals surface area contributed by atoms with Crippen LogP contribution in [-0.4, -0.2) is 72.8 Å². The van der Waals surface area contributed by atoms with Gasteiger partial charge in [-0.2, -0.15) is 10.2 Å². The zero-order valence-corrected chi connectivity index (χ0v) is 21.4. The largest absolute Gasteiger partial charge is 0.342 e. The predicted molar refractivity (Wildman–Crippen MR) is 146 cm³/mol. The standard InChI is InChI=1S/C29H32N8O/c30-18-23-4-3-6-26-27(23)34-28(25-5-1-2-12-31-25)37(26)24-10-16-36(17-11-24)29(38)22-8-14-35(15-9-22)20-21-7-13-32-33-19-21/h1-7,12-13,18-19,22,24,30H,8-11,14-17,20H2. The Bertz CT molecular complexity index is 1400. The van der Waals surface area contributed by atoms with E-state index in [1.165, 1.54) is 6.21 Å². The fourth-order valence-corrected chi connectivity index (χ4v) is 5.91. The van der Waals surface area contributed by atoms with Crippen LogP contribution >= 0.6 is 0 Å². The van der Waals surface area contributed by atoms with Gasteiger partial charge < -0.3 is 14.9 Å². The van der Waals surface area contributed by atoms with Gasteiger partial charge in [0.05, 0.1) is 17.2 Å². The van der Waals surface area contributed by atoms with E-state index < -0.39 is 0 Å². The fourth-order valence-electron chi connectivity index (χ4n) is 5.91. The lowest BCUT2D eigenvalue weighted by atomic mass is 9.93. The van der Waals surface area contributed by atoms with E-state index in [1.54, 1.807) is 12.4 Å². The van der Waals surface area contributed by atoms with Gasteiger partial charge in [-0.3, -0.25) is 14.7 Å². The molecule has 2 fully saturated rings. The molecule has 2 saturated heterocycles. The monoisotopic (exact) mass is 508 g/mol. The van der Waals surface area contributed by atoms with Crippen molar-refractivity contribution in [2.24, 2.45) is 5.92 Å². The number of piperidine rings is 2. The lowest BCUT2D eigenvalue weighted by molar-refractivity contribution is -0.138. The summed E-state index contributed by atoms with van der Waals surface area (Å²) in [6.45, 7) is 4.22. The van der Waals surface area contributed by atoms with Crippen LogP contribution in [0.5, 0.6) is 0 Å². The highest BCUT2D eigenvalue weighted by molar-refractivity contribution is 5.96. The summed E-state index contributed by atoms with van der Waals surface area (Å²) in [5.74, 6) is 1.24. The number of pyridine rings is 1. The van der Waals surface area contributed by atoms with Crippen molar-refractivity contribution < 1.29 is 4.79 Å². The normalized spacial score (nSPS) is 17.6. The van der Waals surface area contributed by atoms with Crippen LogP contribution in [0.3, 0.4) is 0 Å². The number of aromatic nitrogens is 5. The summed E-state index contributed by atoms with van der Waals surface area (Å²) in [5, 5.41) is 15.7. The second kappa shape index (κ2) is 10.8. The van der Waals surface area contributed by atoms with Gasteiger partial charge in [-0.1, -0.05) is 18.2 Å². The minimum absolute atomic E-state index is 0.103. The van der Waals surface area contributed by atoms with Gasteiger partial charge in [0.2, 0.25) is 5.91 Å². The Balaban J connectivity index is 1.14. The quantitative estimate of drug-likeness (QED) is 0.396. The van der Waals surface area contributed by atoms with E-state index in [0.29, 0.717) is 5.91 Å². The first-order chi connectivity index (χ1) is 18.7. The molecule has 9 nitrogen and oxygen atoms in total. The third-order valence-electron chi connectivity index (χ3n) is 7.93. The van der Waals surface area contributed by atoms with E-state index in [4.69, 9.17) is 10.4 Å². The highest BCUT2D eigenvalue weighted by Crippen LogP contribution is 2.34. The SMILES string of the molecule is N=Cc1cccc2c1nc(-c1ccccn1)n2C1CCN(C(=O)C2CCN(Cc3ccnnc3)CC2)CC1. The molecule has 0 bridgehead atoms. The molecule has 9 heteroatoms. The molecular formula is C29H32N8O. The summed E-state index contributed by atoms with van der Waals surface area (Å²) in [7, 11) is 0. The summed E-state index contributed by atoms with van der Waals surface area (Å²) in [5.41, 5.74) is 4.64. The van der Waals surface area contributed by atoms with E-state index in [1.807, 2.05) is 42.6 Å². The zero-order valence-electron chi connectivity index (χ0n) is 21.4. The van der Waals surface area contributed by atoms with Crippen molar-refractivity contribution >= 4 is 23.2 Å². The van der Waals surface area contributed by atoms with Gasteiger partial charge in [0, 0.05) is 55.8 Å². The maximum atomic E-state index is 13.4. The summed E-state index contributed by atoms with van der Waals surface area (Å²) >= 11 is 0. The van der Waals surface area contributed by atoms with Gasteiger partial charge in [-0.05, 0) is 68.6 Å². The van der Waals surface area contributed by atoms with E-state index in [0.717, 1.165) is 92.1 Å². The maximum absolute atomic E-state index is 13.4. The van der Waals surface area contributed by atoms with Crippen LogP contribution in [0.4, 0.5) is 0 Å². The Morgan fingerprint density at radius 3 is 2.50 bits per heavy atom. The molecule has 194 valence electrons. The van der Waals surface area contributed by atoms with E-state index >= 15 is 0 Å². The van der Waals surface area contributed by atoms with Gasteiger partial charge in [0.15, 0.2) is 5.82 Å². The molecule has 4 aromatic rings. The number of nitrogens with one attached hydrogen (secondary N) is 1. The molecule has 0 radical (unpaired) electrons. The average molecular weight is 509 g/mol. The van der Waals surface area contributed by atoms with Crippen LogP contribution in [0.1, 0.15) is 42.9 Å². The molecule has 1 amide bonds. The van der Waals surface area contributed by atoms with Gasteiger partial charge in [-0.25, -0.2) is 4.98 Å². The molecule has 2 aliphatic heterocycles. The first-order valence-corrected chi connectivity index (χ1v) is 13.4. The van der Waals surface area contributed by atoms with Crippen molar-refractivity contribution in [1.82, 2.24) is 34.5 Å². The summed E-state index contributed by atoms with van der Waals surface area (Å²) in [4.78, 5) is 27.4. The van der Waals surface area contributed by atoms with Crippen molar-refractivity contribution in [2.75, 3.05) is 26.2 Å². The maximum Gasteiger partial charge on any atom is 0.225 e. The molecule has 3 aromatic heterocycles. The lowest BCUT2D eigenvalue weighted by Crippen LogP contribution is -2.45. The third-order valence-corrected chi connectivity index (χ3v) is 7.93. The van der Waals surface area contributed by atoms with Crippen LogP contribution in [0.25, 0.3) is 22.6 Å². The van der Waals surface area contributed by atoms with Gasteiger partial charge in [-0.15, -0.1) is 0 Å². The molecule has 6 rings (SSSR count). The number of nitrogens with zero attached hydrogens (tertiary/aromatic N) is 7. The summed E-state index contributed by atoms with van der Waals surface area (Å²) in [6, 6.07) is 14.1. The van der Waals surface area contributed by atoms with Crippen LogP contribution in [-0.2, 0) is 11.3 Å². The van der Waals surface area contributed by atoms with E-state index in [9.17, 15) is 4.79 Å². The molecule has 0 aliphatic carbocycles. The number of rotatable bonds is 6. The second-order valence-electron chi connectivity index (χ2n) is 10.2. The van der Waals surface area contributed by atoms with Gasteiger partial charge in [0.1, 0.15) is 5.69 Å². The Kier molecular flexibility index (Phi) is 6.92. The minimum atomic E-state index is 0.103. The number of imidazole rings is 1. The van der Waals surface area contributed by atoms with Crippen molar-refractivity contribution in [3.8, 4) is 11.5 Å². The van der Waals surface area contributed by atoms with E-state index in [-0.39, 0.29) is 12.0 Å². The smallest absolute Gasteiger partial charge is 0.225 e. The zero-order chi connectivity index (χ0) is 25.9. The molecule has 2 aliphatic rings. The highest BCUT2D eigenvalue weighted by Gasteiger charge is 2.32. The molecule has 0 atom stereocenters. The second-order valence-corrected chi connectivity index (χ2v) is 10.2. The van der Waals surface area contributed by atoms with Gasteiger partial charge in [0.25, 0.3) is 0 Å². The average Bonchev–Trinajstić information content (AvgIpc) is 3.38. The molecule has 0 unspecified atom stereocenters. The number of amides is 1. The number of para-hydroxylation sites is 1. The van der Waals surface area contributed by atoms with Gasteiger partial charge >= 0.3 is 0 Å². The molecule has 0 spiro atoms. The number of carbonyl (C=O) groups excluding carboxylic acids is 1. The van der Waals surface area contributed by atoms with Crippen molar-refractivity contribution in [1.29, 1.82) is 5.41 Å². The minimum Gasteiger partial charge on any atom is -0.342 e. The predicted octanol–water partition coefficient (Wildman–Crippen LogP) is 3.96. The third kappa shape index (κ3) is 4.81. The first kappa shape index (κ1) is 24.4. The van der Waals surface area contributed by atoms with Crippen molar-refractivity contribution in [3.63, 3.8) is 0 Å². The Hall–Kier alpha value is -3.98. The number of fused-ring (bicyclic) bond motifs is 1. The Morgan fingerprint density at radius 2 is 1.79 bits per heavy atom. The van der Waals surface area contributed by atoms with Crippen LogP contribution in [0, 0.1) is 11.3 Å². The summed E-state index contributed by atoms with van der Waals surface area (Å²) < 4.78 is 2.29. The van der Waals surface area contributed by atoms with Crippen molar-refractivity contribution in [3.05, 3.63) is 72.2 Å².